The molecule has 0 saturated carbocycles. The quantitative estimate of drug-likeness (QED) is 0.281. The first-order valence-corrected chi connectivity index (χ1v) is 11.4. The van der Waals surface area contributed by atoms with E-state index in [4.69, 9.17) is 4.18 Å². The van der Waals surface area contributed by atoms with Crippen molar-refractivity contribution >= 4 is 49.8 Å². The van der Waals surface area contributed by atoms with Gasteiger partial charge >= 0.3 is 10.1 Å². The summed E-state index contributed by atoms with van der Waals surface area (Å²) in [5, 5.41) is 6.46. The van der Waals surface area contributed by atoms with E-state index in [1.165, 1.54) is 49.5 Å². The van der Waals surface area contributed by atoms with Crippen LogP contribution in [-0.2, 0) is 14.9 Å². The number of anilines is 1. The SMILES string of the molecule is CC(=O)Nc1ccc(S(=O)(=O)Oc2cccc(/C=N\NC(=O)c3cccc(Br)c3)c2)cc1. The molecule has 0 saturated heterocycles. The maximum atomic E-state index is 12.5. The molecule has 0 atom stereocenters. The lowest BCUT2D eigenvalue weighted by molar-refractivity contribution is -0.114. The van der Waals surface area contributed by atoms with Crippen LogP contribution >= 0.6 is 15.9 Å². The highest BCUT2D eigenvalue weighted by molar-refractivity contribution is 9.10. The van der Waals surface area contributed by atoms with Crippen molar-refractivity contribution in [3.8, 4) is 5.75 Å². The van der Waals surface area contributed by atoms with Crippen molar-refractivity contribution in [3.05, 3.63) is 88.4 Å². The number of carbonyl (C=O) groups excluding carboxylic acids is 2. The first-order chi connectivity index (χ1) is 15.2. The van der Waals surface area contributed by atoms with Crippen LogP contribution in [0.5, 0.6) is 5.75 Å². The average molecular weight is 516 g/mol. The summed E-state index contributed by atoms with van der Waals surface area (Å²) in [4.78, 5) is 23.1. The molecule has 3 aromatic rings. The van der Waals surface area contributed by atoms with Crippen molar-refractivity contribution < 1.29 is 22.2 Å². The van der Waals surface area contributed by atoms with E-state index in [0.29, 0.717) is 16.8 Å². The number of amides is 2. The minimum Gasteiger partial charge on any atom is -0.379 e. The molecule has 0 aliphatic rings. The molecule has 3 rings (SSSR count). The summed E-state index contributed by atoms with van der Waals surface area (Å²) < 4.78 is 31.0. The monoisotopic (exact) mass is 515 g/mol. The van der Waals surface area contributed by atoms with Gasteiger partial charge in [-0.15, -0.1) is 0 Å². The van der Waals surface area contributed by atoms with E-state index in [0.717, 1.165) is 4.47 Å². The van der Waals surface area contributed by atoms with Gasteiger partial charge in [-0.05, 0) is 60.2 Å². The van der Waals surface area contributed by atoms with Crippen LogP contribution in [0.3, 0.4) is 0 Å². The second-order valence-electron chi connectivity index (χ2n) is 6.52. The zero-order valence-electron chi connectivity index (χ0n) is 16.8. The Morgan fingerprint density at radius 2 is 1.72 bits per heavy atom. The van der Waals surface area contributed by atoms with E-state index in [2.05, 4.69) is 31.8 Å². The third-order valence-electron chi connectivity index (χ3n) is 3.99. The molecule has 0 heterocycles. The number of hydrazone groups is 1. The highest BCUT2D eigenvalue weighted by Gasteiger charge is 2.17. The van der Waals surface area contributed by atoms with E-state index in [9.17, 15) is 18.0 Å². The third-order valence-corrected chi connectivity index (χ3v) is 5.75. The number of carbonyl (C=O) groups is 2. The fraction of sp³-hybridized carbons (Fsp3) is 0.0455. The topological polar surface area (TPSA) is 114 Å². The lowest BCUT2D eigenvalue weighted by atomic mass is 10.2. The zero-order chi connectivity index (χ0) is 23.1. The van der Waals surface area contributed by atoms with Crippen molar-refractivity contribution in [2.45, 2.75) is 11.8 Å². The summed E-state index contributed by atoms with van der Waals surface area (Å²) >= 11 is 3.30. The van der Waals surface area contributed by atoms with Crippen LogP contribution in [0.25, 0.3) is 0 Å². The van der Waals surface area contributed by atoms with Crippen molar-refractivity contribution in [2.24, 2.45) is 5.10 Å². The highest BCUT2D eigenvalue weighted by atomic mass is 79.9. The molecule has 0 radical (unpaired) electrons. The van der Waals surface area contributed by atoms with Crippen LogP contribution in [0.1, 0.15) is 22.8 Å². The molecule has 0 unspecified atom stereocenters. The van der Waals surface area contributed by atoms with Crippen LogP contribution < -0.4 is 14.9 Å². The molecule has 8 nitrogen and oxygen atoms in total. The average Bonchev–Trinajstić information content (AvgIpc) is 2.73. The molecule has 0 aliphatic carbocycles. The Labute approximate surface area is 193 Å². The number of halogens is 1. The molecule has 3 aromatic carbocycles. The van der Waals surface area contributed by atoms with Gasteiger partial charge in [-0.1, -0.05) is 34.1 Å². The lowest BCUT2D eigenvalue weighted by Gasteiger charge is -2.08. The number of rotatable bonds is 7. The van der Waals surface area contributed by atoms with Gasteiger partial charge in [-0.25, -0.2) is 5.43 Å². The summed E-state index contributed by atoms with van der Waals surface area (Å²) in [5.41, 5.74) is 3.84. The highest BCUT2D eigenvalue weighted by Crippen LogP contribution is 2.21. The molecular formula is C22H18BrN3O5S. The van der Waals surface area contributed by atoms with Gasteiger partial charge < -0.3 is 9.50 Å². The second-order valence-corrected chi connectivity index (χ2v) is 8.99. The van der Waals surface area contributed by atoms with Gasteiger partial charge in [-0.3, -0.25) is 9.59 Å². The van der Waals surface area contributed by atoms with Crippen LogP contribution in [0.15, 0.2) is 87.3 Å². The van der Waals surface area contributed by atoms with E-state index < -0.39 is 10.1 Å². The molecule has 0 aliphatic heterocycles. The van der Waals surface area contributed by atoms with Crippen molar-refractivity contribution in [1.82, 2.24) is 5.43 Å². The van der Waals surface area contributed by atoms with Crippen molar-refractivity contribution in [1.29, 1.82) is 0 Å². The molecule has 0 spiro atoms. The molecule has 0 bridgehead atoms. The standard InChI is InChI=1S/C22H18BrN3O5S/c1-15(27)25-19-8-10-21(11-9-19)32(29,30)31-20-7-2-4-16(12-20)14-24-26-22(28)17-5-3-6-18(23)13-17/h2-14H,1H3,(H,25,27)(H,26,28)/b24-14-. The summed E-state index contributed by atoms with van der Waals surface area (Å²) in [6.45, 7) is 1.36. The minimum absolute atomic E-state index is 0.0630. The normalized spacial score (nSPS) is 11.2. The van der Waals surface area contributed by atoms with Gasteiger partial charge in [0.05, 0.1) is 6.21 Å². The van der Waals surface area contributed by atoms with Gasteiger partial charge in [-0.2, -0.15) is 13.5 Å². The number of hydrogen-bond acceptors (Lipinski definition) is 6. The maximum Gasteiger partial charge on any atom is 0.339 e. The van der Waals surface area contributed by atoms with E-state index in [1.54, 1.807) is 36.4 Å². The number of hydrogen-bond donors (Lipinski definition) is 2. The lowest BCUT2D eigenvalue weighted by Crippen LogP contribution is -2.17. The zero-order valence-corrected chi connectivity index (χ0v) is 19.2. The van der Waals surface area contributed by atoms with E-state index in [-0.39, 0.29) is 22.5 Å². The van der Waals surface area contributed by atoms with Crippen LogP contribution in [0.4, 0.5) is 5.69 Å². The maximum absolute atomic E-state index is 12.5. The van der Waals surface area contributed by atoms with Gasteiger partial charge in [0.1, 0.15) is 10.6 Å². The predicted octanol–water partition coefficient (Wildman–Crippen LogP) is 3.94. The van der Waals surface area contributed by atoms with Crippen LogP contribution in [-0.4, -0.2) is 26.4 Å². The molecule has 164 valence electrons. The molecule has 2 N–H and O–H groups in total. The molecular weight excluding hydrogens is 498 g/mol. The third kappa shape index (κ3) is 6.50. The number of benzene rings is 3. The number of nitrogens with one attached hydrogen (secondary N) is 2. The fourth-order valence-electron chi connectivity index (χ4n) is 2.59. The van der Waals surface area contributed by atoms with Gasteiger partial charge in [0.15, 0.2) is 0 Å². The Balaban J connectivity index is 1.66. The Morgan fingerprint density at radius 1 is 1.00 bits per heavy atom. The van der Waals surface area contributed by atoms with Gasteiger partial charge in [0.2, 0.25) is 5.91 Å². The molecule has 2 amide bonds. The summed E-state index contributed by atoms with van der Waals surface area (Å²) in [6, 6.07) is 18.7. The number of nitrogens with zero attached hydrogens (tertiary/aromatic N) is 1. The molecule has 32 heavy (non-hydrogen) atoms. The fourth-order valence-corrected chi connectivity index (χ4v) is 3.91. The van der Waals surface area contributed by atoms with E-state index in [1.807, 2.05) is 0 Å². The van der Waals surface area contributed by atoms with Gasteiger partial charge in [0, 0.05) is 22.6 Å². The first-order valence-electron chi connectivity index (χ1n) is 9.24. The largest absolute Gasteiger partial charge is 0.379 e. The molecule has 10 heteroatoms. The molecule has 0 aromatic heterocycles. The first kappa shape index (κ1) is 23.2. The van der Waals surface area contributed by atoms with Crippen molar-refractivity contribution in [3.63, 3.8) is 0 Å². The van der Waals surface area contributed by atoms with Crippen LogP contribution in [0, 0.1) is 0 Å². The summed E-state index contributed by atoms with van der Waals surface area (Å²) in [5.74, 6) is -0.568. The summed E-state index contributed by atoms with van der Waals surface area (Å²) in [6.07, 6.45) is 1.37. The van der Waals surface area contributed by atoms with Gasteiger partial charge in [0.25, 0.3) is 5.91 Å². The Kier molecular flexibility index (Phi) is 7.39. The predicted molar refractivity (Wildman–Crippen MR) is 124 cm³/mol. The molecule has 0 fully saturated rings. The minimum atomic E-state index is -4.08. The summed E-state index contributed by atoms with van der Waals surface area (Å²) in [7, 11) is -4.08. The Bertz CT molecular complexity index is 1270. The van der Waals surface area contributed by atoms with Crippen LogP contribution in [0.2, 0.25) is 0 Å². The van der Waals surface area contributed by atoms with Crippen molar-refractivity contribution in [2.75, 3.05) is 5.32 Å². The van der Waals surface area contributed by atoms with E-state index >= 15 is 0 Å². The smallest absolute Gasteiger partial charge is 0.339 e. The second kappa shape index (κ2) is 10.2. The Hall–Kier alpha value is -3.50. The Morgan fingerprint density at radius 3 is 2.41 bits per heavy atom.